The van der Waals surface area contributed by atoms with Crippen molar-refractivity contribution in [3.63, 3.8) is 0 Å². The van der Waals surface area contributed by atoms with Crippen LogP contribution in [0.5, 0.6) is 0 Å². The summed E-state index contributed by atoms with van der Waals surface area (Å²) in [5, 5.41) is 3.16. The lowest BCUT2D eigenvalue weighted by Gasteiger charge is -2.25. The van der Waals surface area contributed by atoms with E-state index in [9.17, 15) is 9.59 Å². The molecule has 0 saturated heterocycles. The van der Waals surface area contributed by atoms with Crippen LogP contribution in [0.4, 0.5) is 0 Å². The van der Waals surface area contributed by atoms with Gasteiger partial charge in [0.05, 0.1) is 13.7 Å². The van der Waals surface area contributed by atoms with Crippen molar-refractivity contribution in [1.82, 2.24) is 15.1 Å². The Hall–Kier alpha value is -1.78. The maximum atomic E-state index is 12.3. The number of esters is 1. The molecule has 0 spiro atoms. The summed E-state index contributed by atoms with van der Waals surface area (Å²) < 4.78 is 10.3. The number of carbonyl (C=O) groups excluding carboxylic acids is 2. The first-order valence-corrected chi connectivity index (χ1v) is 8.82. The Morgan fingerprint density at radius 1 is 1.26 bits per heavy atom. The van der Waals surface area contributed by atoms with Crippen molar-refractivity contribution in [3.8, 4) is 0 Å². The molecule has 0 aliphatic rings. The van der Waals surface area contributed by atoms with Gasteiger partial charge in [-0.2, -0.15) is 0 Å². The number of methoxy groups -OCH3 is 1. The molecule has 8 nitrogen and oxygen atoms in total. The molecule has 0 unspecified atom stereocenters. The number of hydrogen-bond donors (Lipinski definition) is 1. The van der Waals surface area contributed by atoms with E-state index in [2.05, 4.69) is 10.3 Å². The molecule has 1 amide bonds. The number of ether oxygens (including phenoxy) is 1. The summed E-state index contributed by atoms with van der Waals surface area (Å²) >= 11 is 0. The van der Waals surface area contributed by atoms with Crippen molar-refractivity contribution in [1.29, 1.82) is 0 Å². The van der Waals surface area contributed by atoms with Crippen molar-refractivity contribution in [2.75, 3.05) is 40.3 Å². The van der Waals surface area contributed by atoms with E-state index in [1.165, 1.54) is 7.11 Å². The highest BCUT2D eigenvalue weighted by atomic mass is 127. The summed E-state index contributed by atoms with van der Waals surface area (Å²) in [7, 11) is 3.15. The molecular weight excluding hydrogens is 463 g/mol. The van der Waals surface area contributed by atoms with Crippen LogP contribution in [0.1, 0.15) is 42.6 Å². The summed E-state index contributed by atoms with van der Waals surface area (Å²) in [6, 6.07) is 1.63. The number of guanidine groups is 1. The van der Waals surface area contributed by atoms with Crippen LogP contribution in [-0.2, 0) is 16.1 Å². The molecule has 0 saturated carbocycles. The SMILES string of the molecule is CCNC(=NCc1cc(C(=O)OC)c(C)o1)N(C)CC(=O)N(CC)CC.I. The molecule has 1 heterocycles. The van der Waals surface area contributed by atoms with Crippen LogP contribution in [0.15, 0.2) is 15.5 Å². The normalized spacial score (nSPS) is 10.8. The summed E-state index contributed by atoms with van der Waals surface area (Å²) in [5.74, 6) is 1.26. The van der Waals surface area contributed by atoms with Crippen LogP contribution >= 0.6 is 24.0 Å². The minimum absolute atomic E-state index is 0. The predicted octanol–water partition coefficient (Wildman–Crippen LogP) is 2.26. The molecule has 0 bridgehead atoms. The Morgan fingerprint density at radius 2 is 1.89 bits per heavy atom. The fourth-order valence-corrected chi connectivity index (χ4v) is 2.51. The van der Waals surface area contributed by atoms with Crippen LogP contribution in [0.3, 0.4) is 0 Å². The van der Waals surface area contributed by atoms with E-state index in [1.807, 2.05) is 27.8 Å². The highest BCUT2D eigenvalue weighted by Gasteiger charge is 2.17. The zero-order valence-corrected chi connectivity index (χ0v) is 19.3. The van der Waals surface area contributed by atoms with Gasteiger partial charge in [0.15, 0.2) is 5.96 Å². The highest BCUT2D eigenvalue weighted by Crippen LogP contribution is 2.16. The largest absolute Gasteiger partial charge is 0.465 e. The summed E-state index contributed by atoms with van der Waals surface area (Å²) in [5.41, 5.74) is 0.396. The molecule has 1 aromatic rings. The Morgan fingerprint density at radius 3 is 2.41 bits per heavy atom. The third kappa shape index (κ3) is 7.39. The lowest BCUT2D eigenvalue weighted by atomic mass is 10.2. The topological polar surface area (TPSA) is 87.4 Å². The Balaban J connectivity index is 0.00000676. The lowest BCUT2D eigenvalue weighted by molar-refractivity contribution is -0.131. The molecule has 0 radical (unpaired) electrons. The average Bonchev–Trinajstić information content (AvgIpc) is 2.99. The van der Waals surface area contributed by atoms with Gasteiger partial charge in [-0.3, -0.25) is 4.79 Å². The van der Waals surface area contributed by atoms with E-state index in [0.717, 1.165) is 0 Å². The maximum absolute atomic E-state index is 12.3. The number of aliphatic imine (C=N–C) groups is 1. The van der Waals surface area contributed by atoms with Crippen molar-refractivity contribution in [2.24, 2.45) is 4.99 Å². The molecule has 9 heteroatoms. The van der Waals surface area contributed by atoms with E-state index in [1.54, 1.807) is 22.8 Å². The second-order valence-corrected chi connectivity index (χ2v) is 5.77. The standard InChI is InChI=1S/C18H30N4O4.HI/c1-7-19-18(21(5)12-16(23)22(8-2)9-3)20-11-14-10-15(13(4)26-14)17(24)25-6;/h10H,7-9,11-12H2,1-6H3,(H,19,20);1H. The second-order valence-electron chi connectivity index (χ2n) is 5.77. The van der Waals surface area contributed by atoms with Gasteiger partial charge in [0.1, 0.15) is 23.6 Å². The number of carbonyl (C=O) groups is 2. The molecule has 27 heavy (non-hydrogen) atoms. The first-order chi connectivity index (χ1) is 12.4. The molecule has 1 N–H and O–H groups in total. The van der Waals surface area contributed by atoms with Crippen molar-refractivity contribution >= 4 is 41.8 Å². The Bertz CT molecular complexity index is 641. The Kier molecular flexibility index (Phi) is 11.7. The highest BCUT2D eigenvalue weighted by molar-refractivity contribution is 14.0. The third-order valence-corrected chi connectivity index (χ3v) is 3.94. The lowest BCUT2D eigenvalue weighted by Crippen LogP contribution is -2.45. The maximum Gasteiger partial charge on any atom is 0.341 e. The molecule has 0 fully saturated rings. The summed E-state index contributed by atoms with van der Waals surface area (Å²) in [4.78, 5) is 32.0. The smallest absolute Gasteiger partial charge is 0.341 e. The van der Waals surface area contributed by atoms with Gasteiger partial charge in [0.25, 0.3) is 0 Å². The van der Waals surface area contributed by atoms with E-state index in [0.29, 0.717) is 42.7 Å². The van der Waals surface area contributed by atoms with Crippen molar-refractivity contribution in [2.45, 2.75) is 34.2 Å². The van der Waals surface area contributed by atoms with Crippen LogP contribution in [-0.4, -0.2) is 68.0 Å². The van der Waals surface area contributed by atoms with Gasteiger partial charge in [0, 0.05) is 26.7 Å². The van der Waals surface area contributed by atoms with Gasteiger partial charge in [0.2, 0.25) is 5.91 Å². The molecule has 0 aliphatic heterocycles. The number of halogens is 1. The molecule has 1 rings (SSSR count). The fraction of sp³-hybridized carbons (Fsp3) is 0.611. The first-order valence-electron chi connectivity index (χ1n) is 8.82. The molecular formula is C18H31IN4O4. The predicted molar refractivity (Wildman–Crippen MR) is 116 cm³/mol. The minimum atomic E-state index is -0.435. The molecule has 0 aromatic carbocycles. The molecule has 0 aliphatic carbocycles. The number of furan rings is 1. The van der Waals surface area contributed by atoms with E-state index in [4.69, 9.17) is 9.15 Å². The van der Waals surface area contributed by atoms with Gasteiger partial charge in [-0.15, -0.1) is 24.0 Å². The minimum Gasteiger partial charge on any atom is -0.465 e. The Labute approximate surface area is 178 Å². The van der Waals surface area contributed by atoms with Gasteiger partial charge in [-0.25, -0.2) is 9.79 Å². The van der Waals surface area contributed by atoms with Crippen LogP contribution < -0.4 is 5.32 Å². The number of rotatable bonds is 8. The van der Waals surface area contributed by atoms with Gasteiger partial charge < -0.3 is 24.3 Å². The molecule has 1 aromatic heterocycles. The second kappa shape index (κ2) is 12.6. The first kappa shape index (κ1) is 25.2. The van der Waals surface area contributed by atoms with E-state index in [-0.39, 0.29) is 43.0 Å². The van der Waals surface area contributed by atoms with Crippen LogP contribution in [0, 0.1) is 6.92 Å². The third-order valence-electron chi connectivity index (χ3n) is 3.94. The van der Waals surface area contributed by atoms with Gasteiger partial charge >= 0.3 is 5.97 Å². The van der Waals surface area contributed by atoms with Crippen molar-refractivity contribution in [3.05, 3.63) is 23.2 Å². The van der Waals surface area contributed by atoms with Gasteiger partial charge in [-0.05, 0) is 33.8 Å². The number of hydrogen-bond acceptors (Lipinski definition) is 5. The average molecular weight is 494 g/mol. The monoisotopic (exact) mass is 494 g/mol. The quantitative estimate of drug-likeness (QED) is 0.258. The van der Waals surface area contributed by atoms with E-state index >= 15 is 0 Å². The summed E-state index contributed by atoms with van der Waals surface area (Å²) in [6.07, 6.45) is 0. The number of nitrogens with one attached hydrogen (secondary N) is 1. The van der Waals surface area contributed by atoms with Crippen LogP contribution in [0.2, 0.25) is 0 Å². The fourth-order valence-electron chi connectivity index (χ4n) is 2.51. The van der Waals surface area contributed by atoms with Crippen molar-refractivity contribution < 1.29 is 18.7 Å². The van der Waals surface area contributed by atoms with Gasteiger partial charge in [-0.1, -0.05) is 0 Å². The van der Waals surface area contributed by atoms with Crippen LogP contribution in [0.25, 0.3) is 0 Å². The number of likely N-dealkylation sites (N-methyl/N-ethyl adjacent to an activating group) is 2. The zero-order chi connectivity index (χ0) is 19.7. The number of aryl methyl sites for hydroxylation is 1. The summed E-state index contributed by atoms with van der Waals surface area (Å²) in [6.45, 7) is 10.1. The molecule has 0 atom stereocenters. The zero-order valence-electron chi connectivity index (χ0n) is 17.0. The number of amides is 1. The number of nitrogens with zero attached hydrogens (tertiary/aromatic N) is 3. The van der Waals surface area contributed by atoms with E-state index < -0.39 is 5.97 Å². The molecule has 154 valence electrons.